The van der Waals surface area contributed by atoms with Gasteiger partial charge in [-0.25, -0.2) is 0 Å². The molecule has 0 aromatic carbocycles. The Kier molecular flexibility index (Phi) is 51.8. The number of esters is 3. The van der Waals surface area contributed by atoms with Gasteiger partial charge in [-0.1, -0.05) is 217 Å². The average molecular weight is 911 g/mol. The van der Waals surface area contributed by atoms with Gasteiger partial charge in [0.05, 0.1) is 0 Å². The molecule has 1 atom stereocenters. The predicted octanol–water partition coefficient (Wildman–Crippen LogP) is 18.7. The molecule has 6 nitrogen and oxygen atoms in total. The van der Waals surface area contributed by atoms with Gasteiger partial charge in [0.15, 0.2) is 6.10 Å². The summed E-state index contributed by atoms with van der Waals surface area (Å²) in [6, 6.07) is 0. The van der Waals surface area contributed by atoms with Crippen molar-refractivity contribution in [2.24, 2.45) is 0 Å². The average Bonchev–Trinajstić information content (AvgIpc) is 3.30. The van der Waals surface area contributed by atoms with Crippen molar-refractivity contribution < 1.29 is 28.6 Å². The van der Waals surface area contributed by atoms with Gasteiger partial charge in [-0.3, -0.25) is 14.4 Å². The SMILES string of the molecule is CCCCC/C=C\C/C=C\CCCCCCCCCC(=O)OC[C@H](COC(=O)CCCCCCCCC/C=C\CCCCCC)OC(=O)CCCCCCC/C=C\CCCCCCCC. The van der Waals surface area contributed by atoms with Gasteiger partial charge in [-0.05, 0) is 103 Å². The number of hydrogen-bond acceptors (Lipinski definition) is 6. The number of ether oxygens (including phenoxy) is 3. The van der Waals surface area contributed by atoms with E-state index in [0.717, 1.165) is 83.5 Å². The van der Waals surface area contributed by atoms with Crippen molar-refractivity contribution in [3.05, 3.63) is 48.6 Å². The second-order valence-corrected chi connectivity index (χ2v) is 18.8. The molecule has 0 aliphatic heterocycles. The van der Waals surface area contributed by atoms with Crippen molar-refractivity contribution in [1.29, 1.82) is 0 Å². The van der Waals surface area contributed by atoms with Gasteiger partial charge in [0, 0.05) is 19.3 Å². The van der Waals surface area contributed by atoms with Crippen LogP contribution in [0.4, 0.5) is 0 Å². The van der Waals surface area contributed by atoms with E-state index in [4.69, 9.17) is 14.2 Å². The van der Waals surface area contributed by atoms with Crippen LogP contribution in [0.2, 0.25) is 0 Å². The quantitative estimate of drug-likeness (QED) is 0.0262. The summed E-state index contributed by atoms with van der Waals surface area (Å²) in [5.74, 6) is -0.889. The smallest absolute Gasteiger partial charge is 0.306 e. The van der Waals surface area contributed by atoms with Gasteiger partial charge < -0.3 is 14.2 Å². The lowest BCUT2D eigenvalue weighted by molar-refractivity contribution is -0.167. The monoisotopic (exact) mass is 911 g/mol. The summed E-state index contributed by atoms with van der Waals surface area (Å²) in [5.41, 5.74) is 0. The third-order valence-electron chi connectivity index (χ3n) is 12.3. The molecule has 378 valence electrons. The van der Waals surface area contributed by atoms with Gasteiger partial charge in [-0.2, -0.15) is 0 Å². The van der Waals surface area contributed by atoms with Crippen LogP contribution in [0.15, 0.2) is 48.6 Å². The largest absolute Gasteiger partial charge is 0.462 e. The van der Waals surface area contributed by atoms with Crippen LogP contribution in [0.5, 0.6) is 0 Å². The molecule has 0 amide bonds. The normalized spacial score (nSPS) is 12.4. The molecule has 0 saturated heterocycles. The lowest BCUT2D eigenvalue weighted by Crippen LogP contribution is -2.30. The summed E-state index contributed by atoms with van der Waals surface area (Å²) in [6.45, 7) is 6.60. The van der Waals surface area contributed by atoms with Crippen LogP contribution in [-0.4, -0.2) is 37.2 Å². The number of unbranched alkanes of at least 4 members (excludes halogenated alkanes) is 32. The van der Waals surface area contributed by atoms with E-state index < -0.39 is 6.10 Å². The van der Waals surface area contributed by atoms with Crippen molar-refractivity contribution in [2.75, 3.05) is 13.2 Å². The summed E-state index contributed by atoms with van der Waals surface area (Å²) in [5, 5.41) is 0. The first-order valence-electron chi connectivity index (χ1n) is 28.1. The second-order valence-electron chi connectivity index (χ2n) is 18.8. The fourth-order valence-electron chi connectivity index (χ4n) is 7.99. The molecule has 0 aromatic heterocycles. The Labute approximate surface area is 403 Å². The van der Waals surface area contributed by atoms with Crippen LogP contribution in [0, 0.1) is 0 Å². The molecule has 0 radical (unpaired) electrons. The molecule has 0 aliphatic carbocycles. The zero-order valence-electron chi connectivity index (χ0n) is 43.3. The highest BCUT2D eigenvalue weighted by atomic mass is 16.6. The molecule has 0 bridgehead atoms. The summed E-state index contributed by atoms with van der Waals surface area (Å²) in [7, 11) is 0. The molecule has 0 aliphatic rings. The maximum atomic E-state index is 12.8. The van der Waals surface area contributed by atoms with Crippen molar-refractivity contribution in [3.8, 4) is 0 Å². The van der Waals surface area contributed by atoms with Gasteiger partial charge >= 0.3 is 17.9 Å². The fourth-order valence-corrected chi connectivity index (χ4v) is 7.99. The van der Waals surface area contributed by atoms with E-state index in [2.05, 4.69) is 69.4 Å². The van der Waals surface area contributed by atoms with E-state index in [1.165, 1.54) is 167 Å². The first-order valence-corrected chi connectivity index (χ1v) is 28.1. The molecule has 0 fully saturated rings. The van der Waals surface area contributed by atoms with E-state index in [1.54, 1.807) is 0 Å². The molecule has 0 rings (SSSR count). The molecule has 0 N–H and O–H groups in total. The van der Waals surface area contributed by atoms with Crippen LogP contribution in [0.3, 0.4) is 0 Å². The van der Waals surface area contributed by atoms with Gasteiger partial charge in [0.25, 0.3) is 0 Å². The number of hydrogen-bond donors (Lipinski definition) is 0. The molecule has 0 saturated carbocycles. The van der Waals surface area contributed by atoms with Crippen molar-refractivity contribution in [1.82, 2.24) is 0 Å². The van der Waals surface area contributed by atoms with Gasteiger partial charge in [0.1, 0.15) is 13.2 Å². The molecule has 0 heterocycles. The summed E-state index contributed by atoms with van der Waals surface area (Å²) in [4.78, 5) is 38.1. The number of carbonyl (C=O) groups excluding carboxylic acids is 3. The van der Waals surface area contributed by atoms with Crippen LogP contribution in [-0.2, 0) is 28.6 Å². The summed E-state index contributed by atoms with van der Waals surface area (Å²) < 4.78 is 16.8. The Morgan fingerprint density at radius 2 is 0.554 bits per heavy atom. The van der Waals surface area contributed by atoms with Gasteiger partial charge in [0.2, 0.25) is 0 Å². The van der Waals surface area contributed by atoms with Gasteiger partial charge in [-0.15, -0.1) is 0 Å². The van der Waals surface area contributed by atoms with E-state index in [0.29, 0.717) is 19.3 Å². The Bertz CT molecular complexity index is 1140. The third kappa shape index (κ3) is 52.2. The first-order chi connectivity index (χ1) is 32.0. The molecule has 6 heteroatoms. The Balaban J connectivity index is 4.39. The number of rotatable bonds is 51. The molecular weight excluding hydrogens is 805 g/mol. The predicted molar refractivity (Wildman–Crippen MR) is 279 cm³/mol. The molecule has 0 aromatic rings. The molecule has 65 heavy (non-hydrogen) atoms. The zero-order chi connectivity index (χ0) is 47.2. The minimum absolute atomic E-state index is 0.0800. The molecule has 0 spiro atoms. The van der Waals surface area contributed by atoms with E-state index in [-0.39, 0.29) is 31.1 Å². The third-order valence-corrected chi connectivity index (χ3v) is 12.3. The van der Waals surface area contributed by atoms with E-state index in [1.807, 2.05) is 0 Å². The van der Waals surface area contributed by atoms with Crippen molar-refractivity contribution in [2.45, 2.75) is 297 Å². The van der Waals surface area contributed by atoms with E-state index in [9.17, 15) is 14.4 Å². The number of allylic oxidation sites excluding steroid dienone is 8. The van der Waals surface area contributed by atoms with Crippen LogP contribution in [0.25, 0.3) is 0 Å². The first kappa shape index (κ1) is 62.4. The van der Waals surface area contributed by atoms with Crippen LogP contribution in [0.1, 0.15) is 290 Å². The fraction of sp³-hybridized carbons (Fsp3) is 0.814. The molecular formula is C59H106O6. The zero-order valence-corrected chi connectivity index (χ0v) is 43.3. The maximum absolute atomic E-state index is 12.8. The van der Waals surface area contributed by atoms with Crippen LogP contribution >= 0.6 is 0 Å². The highest BCUT2D eigenvalue weighted by molar-refractivity contribution is 5.71. The van der Waals surface area contributed by atoms with Crippen LogP contribution < -0.4 is 0 Å². The minimum Gasteiger partial charge on any atom is -0.462 e. The Hall–Kier alpha value is -2.63. The maximum Gasteiger partial charge on any atom is 0.306 e. The highest BCUT2D eigenvalue weighted by Crippen LogP contribution is 2.15. The molecule has 0 unspecified atom stereocenters. The Morgan fingerprint density at radius 3 is 0.908 bits per heavy atom. The van der Waals surface area contributed by atoms with Crippen molar-refractivity contribution in [3.63, 3.8) is 0 Å². The lowest BCUT2D eigenvalue weighted by Gasteiger charge is -2.18. The lowest BCUT2D eigenvalue weighted by atomic mass is 10.1. The standard InChI is InChI=1S/C59H106O6/c1-4-7-10-13-16-19-22-25-28-29-32-34-37-40-43-46-49-52-58(61)64-55-56(65-59(62)53-50-47-44-41-38-35-31-27-24-21-18-15-12-9-6-3)54-63-57(60)51-48-45-42-39-36-33-30-26-23-20-17-14-11-8-5-2/h16,19-20,23,25,27-28,31,56H,4-15,17-18,21-22,24,26,29-30,32-55H2,1-3H3/b19-16-,23-20-,28-25-,31-27-/t56-/m0/s1. The second kappa shape index (κ2) is 54.0. The Morgan fingerprint density at radius 1 is 0.308 bits per heavy atom. The van der Waals surface area contributed by atoms with Crippen molar-refractivity contribution >= 4 is 17.9 Å². The highest BCUT2D eigenvalue weighted by Gasteiger charge is 2.19. The topological polar surface area (TPSA) is 78.9 Å². The number of carbonyl (C=O) groups is 3. The summed E-state index contributed by atoms with van der Waals surface area (Å²) in [6.07, 6.45) is 65.2. The van der Waals surface area contributed by atoms with E-state index >= 15 is 0 Å². The summed E-state index contributed by atoms with van der Waals surface area (Å²) >= 11 is 0. The minimum atomic E-state index is -0.781.